The fourth-order valence-electron chi connectivity index (χ4n) is 2.11. The fraction of sp³-hybridized carbons (Fsp3) is 0.167. The highest BCUT2D eigenvalue weighted by atomic mass is 15.2. The number of fused-ring (bicyclic) bond motifs is 2. The molecule has 4 nitrogen and oxygen atoms in total. The average Bonchev–Trinajstić information content (AvgIpc) is 2.36. The molecule has 0 spiro atoms. The van der Waals surface area contributed by atoms with Gasteiger partial charge in [-0.2, -0.15) is 0 Å². The molecule has 80 valence electrons. The summed E-state index contributed by atoms with van der Waals surface area (Å²) < 4.78 is 0. The summed E-state index contributed by atoms with van der Waals surface area (Å²) in [4.78, 5) is 10.7. The molecular weight excluding hydrogens is 200 g/mol. The van der Waals surface area contributed by atoms with Gasteiger partial charge in [0.25, 0.3) is 0 Å². The van der Waals surface area contributed by atoms with Crippen molar-refractivity contribution in [2.45, 2.75) is 6.42 Å². The number of hydrogen-bond acceptors (Lipinski definition) is 4. The Kier molecular flexibility index (Phi) is 2.08. The first kappa shape index (κ1) is 9.30. The Balaban J connectivity index is 2.19. The second-order valence-corrected chi connectivity index (χ2v) is 3.74. The van der Waals surface area contributed by atoms with Gasteiger partial charge in [0.05, 0.1) is 12.4 Å². The normalized spacial score (nSPS) is 13.2. The number of para-hydroxylation sites is 1. The summed E-state index contributed by atoms with van der Waals surface area (Å²) in [6.07, 6.45) is 4.26. The van der Waals surface area contributed by atoms with E-state index in [2.05, 4.69) is 22.1 Å². The van der Waals surface area contributed by atoms with Crippen LogP contribution in [-0.2, 0) is 6.42 Å². The van der Waals surface area contributed by atoms with E-state index >= 15 is 0 Å². The smallest absolute Gasteiger partial charge is 0.156 e. The molecule has 0 fully saturated rings. The summed E-state index contributed by atoms with van der Waals surface area (Å²) in [7, 11) is 0. The molecule has 0 radical (unpaired) electrons. The largest absolute Gasteiger partial charge is 0.314 e. The van der Waals surface area contributed by atoms with Gasteiger partial charge < -0.3 is 10.6 Å². The highest BCUT2D eigenvalue weighted by Crippen LogP contribution is 2.34. The molecule has 1 aromatic heterocycles. The molecule has 0 saturated heterocycles. The summed E-state index contributed by atoms with van der Waals surface area (Å²) in [5.41, 5.74) is 9.17. The van der Waals surface area contributed by atoms with Gasteiger partial charge in [0.15, 0.2) is 5.82 Å². The van der Waals surface area contributed by atoms with Gasteiger partial charge in [-0.15, -0.1) is 0 Å². The predicted molar refractivity (Wildman–Crippen MR) is 62.5 cm³/mol. The Hall–Kier alpha value is -1.94. The molecule has 1 aliphatic heterocycles. The Morgan fingerprint density at radius 2 is 2.00 bits per heavy atom. The van der Waals surface area contributed by atoms with Crippen molar-refractivity contribution in [1.29, 1.82) is 0 Å². The third-order valence-electron chi connectivity index (χ3n) is 2.83. The number of hydrogen-bond donors (Lipinski definition) is 1. The van der Waals surface area contributed by atoms with Crippen LogP contribution in [0.5, 0.6) is 0 Å². The highest BCUT2D eigenvalue weighted by Gasteiger charge is 2.22. The summed E-state index contributed by atoms with van der Waals surface area (Å²) in [5, 5.41) is 0. The molecular formula is C12H12N4. The summed E-state index contributed by atoms with van der Waals surface area (Å²) in [6, 6.07) is 8.23. The molecule has 2 heterocycles. The molecule has 16 heavy (non-hydrogen) atoms. The average molecular weight is 212 g/mol. The first-order valence-electron chi connectivity index (χ1n) is 5.25. The number of anilines is 2. The molecule has 4 heteroatoms. The van der Waals surface area contributed by atoms with Gasteiger partial charge in [-0.3, -0.25) is 4.98 Å². The van der Waals surface area contributed by atoms with Gasteiger partial charge >= 0.3 is 0 Å². The van der Waals surface area contributed by atoms with Crippen LogP contribution in [-0.4, -0.2) is 16.6 Å². The topological polar surface area (TPSA) is 55.0 Å². The van der Waals surface area contributed by atoms with Gasteiger partial charge in [0.1, 0.15) is 0 Å². The molecule has 2 N–H and O–H groups in total. The minimum atomic E-state index is 0.419. The first-order valence-corrected chi connectivity index (χ1v) is 5.25. The van der Waals surface area contributed by atoms with Crippen LogP contribution >= 0.6 is 0 Å². The van der Waals surface area contributed by atoms with E-state index in [0.29, 0.717) is 6.67 Å². The lowest BCUT2D eigenvalue weighted by Gasteiger charge is -2.29. The second-order valence-electron chi connectivity index (χ2n) is 3.74. The fourth-order valence-corrected chi connectivity index (χ4v) is 2.11. The molecule has 1 aliphatic rings. The minimum absolute atomic E-state index is 0.419. The van der Waals surface area contributed by atoms with E-state index in [4.69, 9.17) is 5.73 Å². The van der Waals surface area contributed by atoms with Crippen molar-refractivity contribution in [3.8, 4) is 0 Å². The zero-order valence-corrected chi connectivity index (χ0v) is 8.80. The van der Waals surface area contributed by atoms with Crippen molar-refractivity contribution in [3.63, 3.8) is 0 Å². The Morgan fingerprint density at radius 3 is 2.88 bits per heavy atom. The van der Waals surface area contributed by atoms with Crippen LogP contribution in [0.2, 0.25) is 0 Å². The van der Waals surface area contributed by atoms with Crippen LogP contribution < -0.4 is 10.6 Å². The molecule has 0 saturated carbocycles. The maximum absolute atomic E-state index is 5.79. The third kappa shape index (κ3) is 1.27. The van der Waals surface area contributed by atoms with Gasteiger partial charge in [-0.1, -0.05) is 18.2 Å². The number of nitrogens with two attached hydrogens (primary N) is 1. The number of nitrogens with zero attached hydrogens (tertiary/aromatic N) is 3. The van der Waals surface area contributed by atoms with Crippen LogP contribution in [0.25, 0.3) is 0 Å². The molecule has 0 unspecified atom stereocenters. The number of rotatable bonds is 1. The second kappa shape index (κ2) is 3.57. The molecule has 0 amide bonds. The van der Waals surface area contributed by atoms with Crippen molar-refractivity contribution in [2.75, 3.05) is 11.6 Å². The van der Waals surface area contributed by atoms with E-state index in [9.17, 15) is 0 Å². The van der Waals surface area contributed by atoms with E-state index in [1.54, 1.807) is 12.4 Å². The van der Waals surface area contributed by atoms with Crippen molar-refractivity contribution < 1.29 is 0 Å². The van der Waals surface area contributed by atoms with Crippen molar-refractivity contribution in [2.24, 2.45) is 5.73 Å². The van der Waals surface area contributed by atoms with E-state index < -0.39 is 0 Å². The monoisotopic (exact) mass is 212 g/mol. The standard InChI is InChI=1S/C12H12N4/c13-8-16-11-4-2-1-3-9(11)7-10-12(16)15-6-5-14-10/h1-6H,7-8,13H2. The van der Waals surface area contributed by atoms with Crippen molar-refractivity contribution in [3.05, 3.63) is 47.9 Å². The zero-order chi connectivity index (χ0) is 11.0. The predicted octanol–water partition coefficient (Wildman–Crippen LogP) is 1.44. The van der Waals surface area contributed by atoms with E-state index in [1.165, 1.54) is 5.56 Å². The first-order chi connectivity index (χ1) is 7.90. The van der Waals surface area contributed by atoms with Gasteiger partial charge in [-0.25, -0.2) is 4.98 Å². The van der Waals surface area contributed by atoms with Crippen LogP contribution in [0.3, 0.4) is 0 Å². The van der Waals surface area contributed by atoms with E-state index in [-0.39, 0.29) is 0 Å². The van der Waals surface area contributed by atoms with E-state index in [1.807, 2.05) is 17.0 Å². The van der Waals surface area contributed by atoms with Gasteiger partial charge in [0, 0.05) is 24.5 Å². The number of benzene rings is 1. The van der Waals surface area contributed by atoms with Gasteiger partial charge in [-0.05, 0) is 11.6 Å². The summed E-state index contributed by atoms with van der Waals surface area (Å²) in [6.45, 7) is 0.419. The summed E-state index contributed by atoms with van der Waals surface area (Å²) in [5.74, 6) is 0.878. The maximum atomic E-state index is 5.79. The van der Waals surface area contributed by atoms with E-state index in [0.717, 1.165) is 23.6 Å². The van der Waals surface area contributed by atoms with Crippen molar-refractivity contribution >= 4 is 11.5 Å². The van der Waals surface area contributed by atoms with Crippen LogP contribution in [0.4, 0.5) is 11.5 Å². The SMILES string of the molecule is NCN1c2ccccc2Cc2nccnc21. The lowest BCUT2D eigenvalue weighted by atomic mass is 10.0. The molecule has 0 aliphatic carbocycles. The Labute approximate surface area is 93.8 Å². The third-order valence-corrected chi connectivity index (χ3v) is 2.83. The molecule has 1 aromatic carbocycles. The molecule has 0 atom stereocenters. The van der Waals surface area contributed by atoms with Gasteiger partial charge in [0.2, 0.25) is 0 Å². The highest BCUT2D eigenvalue weighted by molar-refractivity contribution is 5.69. The minimum Gasteiger partial charge on any atom is -0.314 e. The Morgan fingerprint density at radius 1 is 1.19 bits per heavy atom. The molecule has 0 bridgehead atoms. The molecule has 3 rings (SSSR count). The number of aromatic nitrogens is 2. The zero-order valence-electron chi connectivity index (χ0n) is 8.80. The Bertz CT molecular complexity index is 478. The van der Waals surface area contributed by atoms with Crippen LogP contribution in [0, 0.1) is 0 Å². The lowest BCUT2D eigenvalue weighted by molar-refractivity contribution is 0.877. The summed E-state index contributed by atoms with van der Waals surface area (Å²) >= 11 is 0. The van der Waals surface area contributed by atoms with Crippen molar-refractivity contribution in [1.82, 2.24) is 9.97 Å². The maximum Gasteiger partial charge on any atom is 0.156 e. The van der Waals surface area contributed by atoms with Crippen LogP contribution in [0.1, 0.15) is 11.3 Å². The van der Waals surface area contributed by atoms with Crippen LogP contribution in [0.15, 0.2) is 36.7 Å². The lowest BCUT2D eigenvalue weighted by Crippen LogP contribution is -2.30. The molecule has 2 aromatic rings. The quantitative estimate of drug-likeness (QED) is 0.777.